The van der Waals surface area contributed by atoms with Gasteiger partial charge in [0.1, 0.15) is 0 Å². The molecule has 2 N–H and O–H groups in total. The summed E-state index contributed by atoms with van der Waals surface area (Å²) in [5.41, 5.74) is 5.77. The van der Waals surface area contributed by atoms with Gasteiger partial charge in [0.2, 0.25) is 0 Å². The zero-order chi connectivity index (χ0) is 10.7. The second-order valence-electron chi connectivity index (χ2n) is 3.73. The van der Waals surface area contributed by atoms with Gasteiger partial charge in [-0.1, -0.05) is 13.0 Å². The lowest BCUT2D eigenvalue weighted by Crippen LogP contribution is -2.47. The van der Waals surface area contributed by atoms with E-state index < -0.39 is 0 Å². The summed E-state index contributed by atoms with van der Waals surface area (Å²) in [5.74, 6) is 0. The summed E-state index contributed by atoms with van der Waals surface area (Å²) in [6.45, 7) is 5.66. The summed E-state index contributed by atoms with van der Waals surface area (Å²) in [5, 5.41) is 2.12. The zero-order valence-corrected chi connectivity index (χ0v) is 9.87. The Kier molecular flexibility index (Phi) is 3.75. The molecule has 0 radical (unpaired) electrons. The van der Waals surface area contributed by atoms with Gasteiger partial charge in [0.25, 0.3) is 0 Å². The summed E-state index contributed by atoms with van der Waals surface area (Å²) in [7, 11) is 0. The van der Waals surface area contributed by atoms with Gasteiger partial charge in [-0.05, 0) is 18.0 Å². The van der Waals surface area contributed by atoms with Crippen molar-refractivity contribution in [2.24, 2.45) is 5.73 Å². The molecule has 0 aliphatic carbocycles. The zero-order valence-electron chi connectivity index (χ0n) is 9.06. The van der Waals surface area contributed by atoms with Gasteiger partial charge in [0, 0.05) is 18.0 Å². The van der Waals surface area contributed by atoms with E-state index in [1.807, 2.05) is 0 Å². The predicted octanol–water partition coefficient (Wildman–Crippen LogP) is 1.47. The summed E-state index contributed by atoms with van der Waals surface area (Å²) in [4.78, 5) is 3.82. The molecule has 2 heterocycles. The van der Waals surface area contributed by atoms with E-state index in [1.165, 1.54) is 4.88 Å². The molecule has 4 heteroatoms. The van der Waals surface area contributed by atoms with Gasteiger partial charge < -0.3 is 10.5 Å². The molecule has 0 aromatic carbocycles. The Hall–Kier alpha value is -0.420. The van der Waals surface area contributed by atoms with E-state index in [-0.39, 0.29) is 6.10 Å². The first-order valence-corrected chi connectivity index (χ1v) is 6.34. The maximum absolute atomic E-state index is 5.77. The highest BCUT2D eigenvalue weighted by atomic mass is 32.1. The highest BCUT2D eigenvalue weighted by molar-refractivity contribution is 7.10. The summed E-state index contributed by atoms with van der Waals surface area (Å²) in [6.07, 6.45) is 0.150. The molecule has 1 aliphatic rings. The molecule has 0 bridgehead atoms. The van der Waals surface area contributed by atoms with Crippen LogP contribution in [0, 0.1) is 0 Å². The third-order valence-corrected chi connectivity index (χ3v) is 3.87. The Labute approximate surface area is 94.8 Å². The maximum Gasteiger partial charge on any atom is 0.0902 e. The fourth-order valence-electron chi connectivity index (χ4n) is 2.16. The Morgan fingerprint density at radius 3 is 3.13 bits per heavy atom. The van der Waals surface area contributed by atoms with E-state index in [1.54, 1.807) is 11.3 Å². The van der Waals surface area contributed by atoms with Gasteiger partial charge in [0.05, 0.1) is 18.8 Å². The summed E-state index contributed by atoms with van der Waals surface area (Å²) >= 11 is 1.79. The number of nitrogens with two attached hydrogens (primary N) is 1. The molecule has 1 aromatic rings. The quantitative estimate of drug-likeness (QED) is 0.848. The molecule has 2 unspecified atom stereocenters. The van der Waals surface area contributed by atoms with Crippen LogP contribution in [0.15, 0.2) is 17.5 Å². The van der Waals surface area contributed by atoms with Crippen molar-refractivity contribution >= 4 is 11.3 Å². The number of nitrogens with zero attached hydrogens (tertiary/aromatic N) is 1. The van der Waals surface area contributed by atoms with Crippen LogP contribution in [0.4, 0.5) is 0 Å². The number of rotatable bonds is 3. The molecular formula is C11H18N2OS. The van der Waals surface area contributed by atoms with Crippen molar-refractivity contribution in [1.82, 2.24) is 4.90 Å². The minimum absolute atomic E-state index is 0.150. The van der Waals surface area contributed by atoms with Crippen molar-refractivity contribution in [3.63, 3.8) is 0 Å². The van der Waals surface area contributed by atoms with Gasteiger partial charge in [-0.2, -0.15) is 0 Å². The highest BCUT2D eigenvalue weighted by Crippen LogP contribution is 2.31. The van der Waals surface area contributed by atoms with Gasteiger partial charge in [-0.15, -0.1) is 11.3 Å². The molecule has 2 rings (SSSR count). The minimum Gasteiger partial charge on any atom is -0.374 e. The van der Waals surface area contributed by atoms with Crippen LogP contribution in [-0.4, -0.2) is 37.2 Å². The van der Waals surface area contributed by atoms with Crippen molar-refractivity contribution < 1.29 is 4.74 Å². The molecule has 1 saturated heterocycles. The van der Waals surface area contributed by atoms with E-state index in [9.17, 15) is 0 Å². The summed E-state index contributed by atoms with van der Waals surface area (Å²) in [6, 6.07) is 4.62. The maximum atomic E-state index is 5.77. The molecule has 0 amide bonds. The Balaban J connectivity index is 2.20. The number of thiophene rings is 1. The number of ether oxygens (including phenoxy) is 1. The van der Waals surface area contributed by atoms with Crippen LogP contribution in [0.3, 0.4) is 0 Å². The smallest absolute Gasteiger partial charge is 0.0902 e. The fraction of sp³-hybridized carbons (Fsp3) is 0.636. The van der Waals surface area contributed by atoms with Crippen LogP contribution in [0.5, 0.6) is 0 Å². The minimum atomic E-state index is 0.150. The Morgan fingerprint density at radius 1 is 1.67 bits per heavy atom. The SMILES string of the molecule is CCN1CCOC(CN)C1c1cccs1. The molecule has 2 atom stereocenters. The van der Waals surface area contributed by atoms with Crippen molar-refractivity contribution in [2.75, 3.05) is 26.2 Å². The third-order valence-electron chi connectivity index (χ3n) is 2.93. The van der Waals surface area contributed by atoms with Gasteiger partial charge in [-0.3, -0.25) is 4.90 Å². The van der Waals surface area contributed by atoms with Crippen LogP contribution in [0.1, 0.15) is 17.8 Å². The lowest BCUT2D eigenvalue weighted by atomic mass is 10.1. The van der Waals surface area contributed by atoms with Crippen molar-refractivity contribution in [3.8, 4) is 0 Å². The van der Waals surface area contributed by atoms with E-state index in [0.717, 1.165) is 19.7 Å². The van der Waals surface area contributed by atoms with Crippen LogP contribution >= 0.6 is 11.3 Å². The van der Waals surface area contributed by atoms with Crippen molar-refractivity contribution in [1.29, 1.82) is 0 Å². The van der Waals surface area contributed by atoms with E-state index in [4.69, 9.17) is 10.5 Å². The lowest BCUT2D eigenvalue weighted by molar-refractivity contribution is -0.0646. The number of morpholine rings is 1. The molecule has 3 nitrogen and oxygen atoms in total. The Morgan fingerprint density at radius 2 is 2.53 bits per heavy atom. The molecular weight excluding hydrogens is 208 g/mol. The fourth-order valence-corrected chi connectivity index (χ4v) is 3.07. The molecule has 0 saturated carbocycles. The van der Waals surface area contributed by atoms with E-state index >= 15 is 0 Å². The van der Waals surface area contributed by atoms with E-state index in [2.05, 4.69) is 29.3 Å². The van der Waals surface area contributed by atoms with Gasteiger partial charge in [-0.25, -0.2) is 0 Å². The molecule has 15 heavy (non-hydrogen) atoms. The largest absolute Gasteiger partial charge is 0.374 e. The predicted molar refractivity (Wildman–Crippen MR) is 63.1 cm³/mol. The topological polar surface area (TPSA) is 38.5 Å². The summed E-state index contributed by atoms with van der Waals surface area (Å²) < 4.78 is 5.74. The second-order valence-corrected chi connectivity index (χ2v) is 4.71. The normalized spacial score (nSPS) is 28.1. The third kappa shape index (κ3) is 2.23. The standard InChI is InChI=1S/C11H18N2OS/c1-2-13-5-6-14-9(8-12)11(13)10-4-3-7-15-10/h3-4,7,9,11H,2,5-6,8,12H2,1H3. The molecule has 0 spiro atoms. The second kappa shape index (κ2) is 5.07. The number of likely N-dealkylation sites (N-methyl/N-ethyl adjacent to an activating group) is 1. The van der Waals surface area contributed by atoms with Crippen LogP contribution in [0.25, 0.3) is 0 Å². The van der Waals surface area contributed by atoms with Crippen LogP contribution in [0.2, 0.25) is 0 Å². The highest BCUT2D eigenvalue weighted by Gasteiger charge is 2.32. The van der Waals surface area contributed by atoms with Gasteiger partial charge >= 0.3 is 0 Å². The average Bonchev–Trinajstić information content (AvgIpc) is 2.81. The van der Waals surface area contributed by atoms with Crippen LogP contribution in [-0.2, 0) is 4.74 Å². The molecule has 1 aliphatic heterocycles. The first-order valence-electron chi connectivity index (χ1n) is 5.46. The van der Waals surface area contributed by atoms with E-state index in [0.29, 0.717) is 12.6 Å². The van der Waals surface area contributed by atoms with Crippen molar-refractivity contribution in [2.45, 2.75) is 19.1 Å². The molecule has 1 fully saturated rings. The first kappa shape index (κ1) is 11.1. The molecule has 1 aromatic heterocycles. The first-order chi connectivity index (χ1) is 7.36. The van der Waals surface area contributed by atoms with Crippen LogP contribution < -0.4 is 5.73 Å². The monoisotopic (exact) mass is 226 g/mol. The number of hydrogen-bond acceptors (Lipinski definition) is 4. The van der Waals surface area contributed by atoms with Gasteiger partial charge in [0.15, 0.2) is 0 Å². The molecule has 84 valence electrons. The Bertz CT molecular complexity index is 277. The lowest BCUT2D eigenvalue weighted by Gasteiger charge is -2.39. The average molecular weight is 226 g/mol. The van der Waals surface area contributed by atoms with Crippen molar-refractivity contribution in [3.05, 3.63) is 22.4 Å². The number of hydrogen-bond donors (Lipinski definition) is 1.